The van der Waals surface area contributed by atoms with E-state index in [4.69, 9.17) is 11.6 Å². The van der Waals surface area contributed by atoms with E-state index in [1.165, 1.54) is 0 Å². The maximum atomic E-state index is 5.51. The summed E-state index contributed by atoms with van der Waals surface area (Å²) in [5, 5.41) is 0.831. The van der Waals surface area contributed by atoms with Crippen LogP contribution in [0.5, 0.6) is 0 Å². The molecule has 0 aliphatic heterocycles. The van der Waals surface area contributed by atoms with Crippen molar-refractivity contribution in [2.24, 2.45) is 0 Å². The van der Waals surface area contributed by atoms with Gasteiger partial charge in [-0.1, -0.05) is 11.8 Å². The van der Waals surface area contributed by atoms with Crippen LogP contribution in [0.15, 0.2) is 23.6 Å². The van der Waals surface area contributed by atoms with Crippen LogP contribution in [-0.2, 0) is 0 Å². The van der Waals surface area contributed by atoms with Gasteiger partial charge in [-0.15, -0.1) is 11.6 Å². The van der Waals surface area contributed by atoms with Crippen molar-refractivity contribution in [1.82, 2.24) is 9.97 Å². The molecule has 1 aromatic heterocycles. The Morgan fingerprint density at radius 3 is 2.73 bits per heavy atom. The Morgan fingerprint density at radius 1 is 1.36 bits per heavy atom. The van der Waals surface area contributed by atoms with Crippen LogP contribution in [0.1, 0.15) is 6.42 Å². The molecule has 0 radical (unpaired) electrons. The van der Waals surface area contributed by atoms with E-state index in [2.05, 4.69) is 9.97 Å². The fraction of sp³-hybridized carbons (Fsp3) is 0.429. The topological polar surface area (TPSA) is 25.8 Å². The smallest absolute Gasteiger partial charge is 0.187 e. The van der Waals surface area contributed by atoms with Crippen molar-refractivity contribution < 1.29 is 0 Å². The van der Waals surface area contributed by atoms with Gasteiger partial charge in [-0.3, -0.25) is 0 Å². The van der Waals surface area contributed by atoms with E-state index in [1.807, 2.05) is 6.07 Å². The number of nitrogens with zero attached hydrogens (tertiary/aromatic N) is 2. The predicted molar refractivity (Wildman–Crippen MR) is 48.1 cm³/mol. The third-order valence-electron chi connectivity index (χ3n) is 1.05. The van der Waals surface area contributed by atoms with Crippen LogP contribution >= 0.6 is 23.4 Å². The first kappa shape index (κ1) is 8.81. The van der Waals surface area contributed by atoms with Crippen LogP contribution in [0.3, 0.4) is 0 Å². The zero-order valence-corrected chi connectivity index (χ0v) is 7.61. The molecule has 0 atom stereocenters. The predicted octanol–water partition coefficient (Wildman–Crippen LogP) is 2.20. The van der Waals surface area contributed by atoms with Crippen molar-refractivity contribution in [3.8, 4) is 0 Å². The number of alkyl halides is 1. The minimum atomic E-state index is 0.708. The Bertz CT molecular complexity index is 193. The average Bonchev–Trinajstić information content (AvgIpc) is 2.07. The Balaban J connectivity index is 2.28. The SMILES string of the molecule is ClCCCSc1ncccn1. The van der Waals surface area contributed by atoms with Crippen molar-refractivity contribution in [2.45, 2.75) is 11.6 Å². The number of aromatic nitrogens is 2. The van der Waals surface area contributed by atoms with Gasteiger partial charge in [0.1, 0.15) is 0 Å². The lowest BCUT2D eigenvalue weighted by Crippen LogP contribution is -1.86. The van der Waals surface area contributed by atoms with Crippen LogP contribution in [0.4, 0.5) is 0 Å². The molecule has 1 rings (SSSR count). The van der Waals surface area contributed by atoms with E-state index in [0.717, 1.165) is 17.3 Å². The van der Waals surface area contributed by atoms with Gasteiger partial charge in [-0.05, 0) is 12.5 Å². The van der Waals surface area contributed by atoms with Crippen molar-refractivity contribution in [3.63, 3.8) is 0 Å². The summed E-state index contributed by atoms with van der Waals surface area (Å²) in [6, 6.07) is 1.81. The first-order valence-corrected chi connectivity index (χ1v) is 4.91. The van der Waals surface area contributed by atoms with Gasteiger partial charge in [-0.2, -0.15) is 0 Å². The molecule has 0 aromatic carbocycles. The molecule has 0 aliphatic rings. The molecule has 0 aliphatic carbocycles. The summed E-state index contributed by atoms with van der Waals surface area (Å²) in [5.74, 6) is 1.70. The second-order valence-corrected chi connectivity index (χ2v) is 3.36. The number of hydrogen-bond donors (Lipinski definition) is 0. The van der Waals surface area contributed by atoms with Gasteiger partial charge < -0.3 is 0 Å². The minimum Gasteiger partial charge on any atom is -0.231 e. The number of thioether (sulfide) groups is 1. The number of halogens is 1. The van der Waals surface area contributed by atoms with E-state index < -0.39 is 0 Å². The standard InChI is InChI=1S/C7H9ClN2S/c8-3-1-6-11-7-9-4-2-5-10-7/h2,4-5H,1,3,6H2. The molecule has 60 valence electrons. The van der Waals surface area contributed by atoms with Crippen molar-refractivity contribution >= 4 is 23.4 Å². The summed E-state index contributed by atoms with van der Waals surface area (Å²) < 4.78 is 0. The van der Waals surface area contributed by atoms with Crippen molar-refractivity contribution in [1.29, 1.82) is 0 Å². The van der Waals surface area contributed by atoms with Gasteiger partial charge >= 0.3 is 0 Å². The molecule has 0 saturated carbocycles. The summed E-state index contributed by atoms with van der Waals surface area (Å²) in [4.78, 5) is 8.12. The molecule has 1 aromatic rings. The summed E-state index contributed by atoms with van der Waals surface area (Å²) in [6.07, 6.45) is 4.50. The normalized spacial score (nSPS) is 9.91. The first-order valence-electron chi connectivity index (χ1n) is 3.39. The summed E-state index contributed by atoms with van der Waals surface area (Å²) in [7, 11) is 0. The lowest BCUT2D eigenvalue weighted by molar-refractivity contribution is 0.962. The lowest BCUT2D eigenvalue weighted by atomic mass is 10.6. The molecule has 0 N–H and O–H groups in total. The molecule has 0 spiro atoms. The first-order chi connectivity index (χ1) is 5.43. The van der Waals surface area contributed by atoms with Gasteiger partial charge in [0.05, 0.1) is 0 Å². The van der Waals surface area contributed by atoms with Crippen LogP contribution < -0.4 is 0 Å². The molecule has 1 heterocycles. The average molecular weight is 189 g/mol. The fourth-order valence-corrected chi connectivity index (χ4v) is 1.61. The maximum Gasteiger partial charge on any atom is 0.187 e. The third-order valence-corrected chi connectivity index (χ3v) is 2.28. The second-order valence-electron chi connectivity index (χ2n) is 1.92. The van der Waals surface area contributed by atoms with Gasteiger partial charge in [0.2, 0.25) is 0 Å². The van der Waals surface area contributed by atoms with Crippen molar-refractivity contribution in [2.75, 3.05) is 11.6 Å². The fourth-order valence-electron chi connectivity index (χ4n) is 0.578. The Labute approximate surface area is 75.4 Å². The largest absolute Gasteiger partial charge is 0.231 e. The van der Waals surface area contributed by atoms with Gasteiger partial charge in [0, 0.05) is 24.0 Å². The minimum absolute atomic E-state index is 0.708. The van der Waals surface area contributed by atoms with Gasteiger partial charge in [0.25, 0.3) is 0 Å². The van der Waals surface area contributed by atoms with Gasteiger partial charge in [-0.25, -0.2) is 9.97 Å². The molecule has 0 bridgehead atoms. The Hall–Kier alpha value is -0.280. The highest BCUT2D eigenvalue weighted by molar-refractivity contribution is 7.99. The quantitative estimate of drug-likeness (QED) is 0.314. The molecule has 0 amide bonds. The zero-order chi connectivity index (χ0) is 7.94. The van der Waals surface area contributed by atoms with Crippen LogP contribution in [0, 0.1) is 0 Å². The molecule has 0 fully saturated rings. The van der Waals surface area contributed by atoms with Crippen molar-refractivity contribution in [3.05, 3.63) is 18.5 Å². The molecule has 0 saturated heterocycles. The van der Waals surface area contributed by atoms with Crippen LogP contribution in [-0.4, -0.2) is 21.6 Å². The monoisotopic (exact) mass is 188 g/mol. The maximum absolute atomic E-state index is 5.51. The highest BCUT2D eigenvalue weighted by atomic mass is 35.5. The molecule has 4 heteroatoms. The Kier molecular flexibility index (Phi) is 4.31. The zero-order valence-electron chi connectivity index (χ0n) is 6.03. The molecule has 0 unspecified atom stereocenters. The molecule has 11 heavy (non-hydrogen) atoms. The van der Waals surface area contributed by atoms with E-state index in [9.17, 15) is 0 Å². The second kappa shape index (κ2) is 5.38. The highest BCUT2D eigenvalue weighted by Gasteiger charge is 1.93. The number of rotatable bonds is 4. The summed E-state index contributed by atoms with van der Waals surface area (Å²) in [5.41, 5.74) is 0. The van der Waals surface area contributed by atoms with Gasteiger partial charge in [0.15, 0.2) is 5.16 Å². The molecular weight excluding hydrogens is 180 g/mol. The van der Waals surface area contributed by atoms with E-state index in [0.29, 0.717) is 5.88 Å². The van der Waals surface area contributed by atoms with Crippen LogP contribution in [0.25, 0.3) is 0 Å². The van der Waals surface area contributed by atoms with E-state index >= 15 is 0 Å². The lowest BCUT2D eigenvalue weighted by Gasteiger charge is -1.95. The van der Waals surface area contributed by atoms with Crippen LogP contribution in [0.2, 0.25) is 0 Å². The van der Waals surface area contributed by atoms with E-state index in [1.54, 1.807) is 24.2 Å². The van der Waals surface area contributed by atoms with E-state index in [-0.39, 0.29) is 0 Å². The molecular formula is C7H9ClN2S. The summed E-state index contributed by atoms with van der Waals surface area (Å²) in [6.45, 7) is 0. The summed E-state index contributed by atoms with van der Waals surface area (Å²) >= 11 is 7.15. The molecule has 2 nitrogen and oxygen atoms in total. The Morgan fingerprint density at radius 2 is 2.09 bits per heavy atom. The third kappa shape index (κ3) is 3.58. The highest BCUT2D eigenvalue weighted by Crippen LogP contribution is 2.11. The number of hydrogen-bond acceptors (Lipinski definition) is 3.